The summed E-state index contributed by atoms with van der Waals surface area (Å²) in [6, 6.07) is 8.68. The van der Waals surface area contributed by atoms with Gasteiger partial charge in [0.2, 0.25) is 0 Å². The monoisotopic (exact) mass is 289 g/mol. The molecule has 5 nitrogen and oxygen atoms in total. The number of aliphatic hydroxyl groups excluding tert-OH is 1. The number of benzene rings is 1. The zero-order chi connectivity index (χ0) is 15.2. The predicted molar refractivity (Wildman–Crippen MR) is 82.2 cm³/mol. The number of hydrogen-bond donors (Lipinski definition) is 2. The lowest BCUT2D eigenvalue weighted by Gasteiger charge is -2.34. The lowest BCUT2D eigenvalue weighted by molar-refractivity contribution is 0.00355. The van der Waals surface area contributed by atoms with Gasteiger partial charge in [-0.15, -0.1) is 0 Å². The van der Waals surface area contributed by atoms with Crippen LogP contribution in [-0.2, 0) is 11.3 Å². The van der Waals surface area contributed by atoms with Crippen LogP contribution in [0.3, 0.4) is 0 Å². The third-order valence-corrected chi connectivity index (χ3v) is 3.58. The van der Waals surface area contributed by atoms with E-state index in [1.54, 1.807) is 0 Å². The number of nitriles is 1. The van der Waals surface area contributed by atoms with Gasteiger partial charge in [-0.05, 0) is 17.7 Å². The van der Waals surface area contributed by atoms with Crippen molar-refractivity contribution in [2.24, 2.45) is 0 Å². The van der Waals surface area contributed by atoms with E-state index in [0.717, 1.165) is 24.3 Å². The van der Waals surface area contributed by atoms with Gasteiger partial charge in [-0.1, -0.05) is 19.9 Å². The van der Waals surface area contributed by atoms with Crippen LogP contribution in [0, 0.1) is 11.3 Å². The molecule has 1 aliphatic rings. The largest absolute Gasteiger partial charge is 0.394 e. The van der Waals surface area contributed by atoms with Crippen LogP contribution >= 0.6 is 0 Å². The van der Waals surface area contributed by atoms with Gasteiger partial charge in [-0.25, -0.2) is 0 Å². The minimum Gasteiger partial charge on any atom is -0.394 e. The van der Waals surface area contributed by atoms with Crippen LogP contribution in [0.15, 0.2) is 18.2 Å². The SMILES string of the molecule is CC(C)NCc1ccc(N2CCOC(CO)C2)c(C#N)c1. The van der Waals surface area contributed by atoms with E-state index in [1.807, 2.05) is 12.1 Å². The van der Waals surface area contributed by atoms with Crippen molar-refractivity contribution in [2.75, 3.05) is 31.2 Å². The second-order valence-corrected chi connectivity index (χ2v) is 5.62. The van der Waals surface area contributed by atoms with Crippen LogP contribution in [-0.4, -0.2) is 43.6 Å². The number of nitrogens with zero attached hydrogens (tertiary/aromatic N) is 2. The molecule has 1 aliphatic heterocycles. The Morgan fingerprint density at radius 3 is 3.00 bits per heavy atom. The summed E-state index contributed by atoms with van der Waals surface area (Å²) in [6.07, 6.45) is -0.174. The molecule has 1 atom stereocenters. The standard InChI is InChI=1S/C16H23N3O2/c1-12(2)18-9-13-3-4-16(14(7-13)8-17)19-5-6-21-15(10-19)11-20/h3-4,7,12,15,18,20H,5-6,9-11H2,1-2H3. The van der Waals surface area contributed by atoms with Crippen molar-refractivity contribution in [1.82, 2.24) is 5.32 Å². The number of ether oxygens (including phenoxy) is 1. The zero-order valence-corrected chi connectivity index (χ0v) is 12.7. The van der Waals surface area contributed by atoms with Gasteiger partial charge in [0, 0.05) is 25.7 Å². The third-order valence-electron chi connectivity index (χ3n) is 3.58. The molecule has 2 rings (SSSR count). The fourth-order valence-corrected chi connectivity index (χ4v) is 2.43. The molecule has 0 aromatic heterocycles. The van der Waals surface area contributed by atoms with E-state index in [4.69, 9.17) is 4.74 Å². The lowest BCUT2D eigenvalue weighted by Crippen LogP contribution is -2.44. The predicted octanol–water partition coefficient (Wildman–Crippen LogP) is 1.25. The Morgan fingerprint density at radius 1 is 1.52 bits per heavy atom. The molecule has 21 heavy (non-hydrogen) atoms. The van der Waals surface area contributed by atoms with Crippen LogP contribution in [0.25, 0.3) is 0 Å². The number of anilines is 1. The number of morpholine rings is 1. The molecule has 1 fully saturated rings. The molecule has 0 bridgehead atoms. The van der Waals surface area contributed by atoms with Crippen LogP contribution in [0.5, 0.6) is 0 Å². The zero-order valence-electron chi connectivity index (χ0n) is 12.7. The van der Waals surface area contributed by atoms with E-state index in [2.05, 4.69) is 36.2 Å². The Labute approximate surface area is 126 Å². The number of rotatable bonds is 5. The van der Waals surface area contributed by atoms with Gasteiger partial charge in [0.1, 0.15) is 6.07 Å². The number of hydrogen-bond acceptors (Lipinski definition) is 5. The van der Waals surface area contributed by atoms with Crippen molar-refractivity contribution in [1.29, 1.82) is 5.26 Å². The third kappa shape index (κ3) is 4.18. The highest BCUT2D eigenvalue weighted by atomic mass is 16.5. The van der Waals surface area contributed by atoms with E-state index in [1.165, 1.54) is 0 Å². The molecular weight excluding hydrogens is 266 g/mol. The average Bonchev–Trinajstić information content (AvgIpc) is 2.52. The van der Waals surface area contributed by atoms with E-state index in [9.17, 15) is 10.4 Å². The van der Waals surface area contributed by atoms with Crippen molar-refractivity contribution in [3.8, 4) is 6.07 Å². The summed E-state index contributed by atoms with van der Waals surface area (Å²) in [7, 11) is 0. The van der Waals surface area contributed by atoms with Crippen LogP contribution in [0.4, 0.5) is 5.69 Å². The van der Waals surface area contributed by atoms with Crippen LogP contribution < -0.4 is 10.2 Å². The number of aliphatic hydroxyl groups is 1. The van der Waals surface area contributed by atoms with Gasteiger partial charge >= 0.3 is 0 Å². The van der Waals surface area contributed by atoms with Gasteiger partial charge in [0.15, 0.2) is 0 Å². The van der Waals surface area contributed by atoms with Crippen LogP contribution in [0.2, 0.25) is 0 Å². The normalized spacial score (nSPS) is 18.8. The summed E-state index contributed by atoms with van der Waals surface area (Å²) in [6.45, 7) is 6.91. The summed E-state index contributed by atoms with van der Waals surface area (Å²) >= 11 is 0. The van der Waals surface area contributed by atoms with Gasteiger partial charge in [-0.3, -0.25) is 0 Å². The second-order valence-electron chi connectivity index (χ2n) is 5.62. The fraction of sp³-hybridized carbons (Fsp3) is 0.562. The van der Waals surface area contributed by atoms with Crippen molar-refractivity contribution in [3.63, 3.8) is 0 Å². The quantitative estimate of drug-likeness (QED) is 0.854. The number of nitrogens with one attached hydrogen (secondary N) is 1. The molecule has 1 heterocycles. The van der Waals surface area contributed by atoms with E-state index in [0.29, 0.717) is 24.8 Å². The van der Waals surface area contributed by atoms with Gasteiger partial charge in [-0.2, -0.15) is 5.26 Å². The first kappa shape index (κ1) is 15.8. The maximum Gasteiger partial charge on any atom is 0.101 e. The molecule has 0 saturated carbocycles. The molecule has 0 radical (unpaired) electrons. The van der Waals surface area contributed by atoms with Gasteiger partial charge < -0.3 is 20.1 Å². The second kappa shape index (κ2) is 7.41. The van der Waals surface area contributed by atoms with Gasteiger partial charge in [0.05, 0.1) is 30.6 Å². The molecular formula is C16H23N3O2. The van der Waals surface area contributed by atoms with Crippen molar-refractivity contribution < 1.29 is 9.84 Å². The Morgan fingerprint density at radius 2 is 2.33 bits per heavy atom. The Kier molecular flexibility index (Phi) is 5.57. The van der Waals surface area contributed by atoms with E-state index in [-0.39, 0.29) is 12.7 Å². The first-order valence-corrected chi connectivity index (χ1v) is 7.38. The average molecular weight is 289 g/mol. The summed E-state index contributed by atoms with van der Waals surface area (Å²) < 4.78 is 5.46. The highest BCUT2D eigenvalue weighted by Crippen LogP contribution is 2.23. The maximum atomic E-state index is 9.40. The molecule has 0 spiro atoms. The Hall–Kier alpha value is -1.61. The Balaban J connectivity index is 2.14. The molecule has 1 aromatic carbocycles. The van der Waals surface area contributed by atoms with Gasteiger partial charge in [0.25, 0.3) is 0 Å². The smallest absolute Gasteiger partial charge is 0.101 e. The molecule has 2 N–H and O–H groups in total. The summed E-state index contributed by atoms with van der Waals surface area (Å²) in [5.74, 6) is 0. The summed E-state index contributed by atoms with van der Waals surface area (Å²) in [5, 5.41) is 22.0. The summed E-state index contributed by atoms with van der Waals surface area (Å²) in [4.78, 5) is 2.11. The minimum absolute atomic E-state index is 0.00871. The molecule has 0 aliphatic carbocycles. The van der Waals surface area contributed by atoms with Crippen molar-refractivity contribution in [3.05, 3.63) is 29.3 Å². The molecule has 0 amide bonds. The lowest BCUT2D eigenvalue weighted by atomic mass is 10.1. The topological polar surface area (TPSA) is 68.5 Å². The molecule has 1 unspecified atom stereocenters. The summed E-state index contributed by atoms with van der Waals surface area (Å²) in [5.41, 5.74) is 2.71. The Bertz CT molecular complexity index is 511. The van der Waals surface area contributed by atoms with Crippen LogP contribution in [0.1, 0.15) is 25.0 Å². The van der Waals surface area contributed by atoms with E-state index < -0.39 is 0 Å². The van der Waals surface area contributed by atoms with Crippen molar-refractivity contribution >= 4 is 5.69 Å². The minimum atomic E-state index is -0.174. The highest BCUT2D eigenvalue weighted by Gasteiger charge is 2.21. The maximum absolute atomic E-state index is 9.40. The van der Waals surface area contributed by atoms with Crippen molar-refractivity contribution in [2.45, 2.75) is 32.5 Å². The molecule has 1 aromatic rings. The molecule has 114 valence electrons. The molecule has 1 saturated heterocycles. The highest BCUT2D eigenvalue weighted by molar-refractivity contribution is 5.60. The molecule has 5 heteroatoms. The van der Waals surface area contributed by atoms with E-state index >= 15 is 0 Å². The first-order chi connectivity index (χ1) is 10.1. The first-order valence-electron chi connectivity index (χ1n) is 7.38. The fourth-order valence-electron chi connectivity index (χ4n) is 2.43.